The van der Waals surface area contributed by atoms with Crippen molar-refractivity contribution in [2.24, 2.45) is 0 Å². The average molecular weight is 322 g/mol. The minimum Gasteiger partial charge on any atom is -0.361 e. The number of H-pyrrole nitrogens is 1. The van der Waals surface area contributed by atoms with Crippen molar-refractivity contribution in [2.45, 2.75) is 32.2 Å². The van der Waals surface area contributed by atoms with E-state index in [0.717, 1.165) is 42.4 Å². The van der Waals surface area contributed by atoms with Crippen LogP contribution in [0.15, 0.2) is 43.1 Å². The number of aromatic amines is 1. The number of aromatic nitrogens is 3. The maximum atomic E-state index is 12.8. The minimum absolute atomic E-state index is 0.210. The van der Waals surface area contributed by atoms with Gasteiger partial charge in [0.25, 0.3) is 0 Å². The molecule has 1 N–H and O–H groups in total. The van der Waals surface area contributed by atoms with Gasteiger partial charge in [-0.3, -0.25) is 4.79 Å². The van der Waals surface area contributed by atoms with E-state index in [9.17, 15) is 4.79 Å². The maximum absolute atomic E-state index is 12.8. The summed E-state index contributed by atoms with van der Waals surface area (Å²) in [5, 5.41) is 1.15. The van der Waals surface area contributed by atoms with E-state index in [-0.39, 0.29) is 5.91 Å². The van der Waals surface area contributed by atoms with Gasteiger partial charge >= 0.3 is 0 Å². The van der Waals surface area contributed by atoms with E-state index in [2.05, 4.69) is 39.7 Å². The maximum Gasteiger partial charge on any atom is 0.227 e. The Morgan fingerprint density at radius 2 is 2.33 bits per heavy atom. The molecule has 1 saturated heterocycles. The van der Waals surface area contributed by atoms with Gasteiger partial charge in [0, 0.05) is 42.6 Å². The van der Waals surface area contributed by atoms with Gasteiger partial charge in [0.05, 0.1) is 18.8 Å². The van der Waals surface area contributed by atoms with Crippen molar-refractivity contribution in [3.63, 3.8) is 0 Å². The smallest absolute Gasteiger partial charge is 0.227 e. The second-order valence-electron chi connectivity index (χ2n) is 6.69. The Morgan fingerprint density at radius 3 is 3.17 bits per heavy atom. The number of hydrogen-bond acceptors (Lipinski definition) is 2. The quantitative estimate of drug-likeness (QED) is 0.805. The molecule has 3 aromatic rings. The number of rotatable bonds is 3. The lowest BCUT2D eigenvalue weighted by Gasteiger charge is -2.33. The molecule has 1 atom stereocenters. The molecule has 5 heteroatoms. The summed E-state index contributed by atoms with van der Waals surface area (Å²) in [6.07, 6.45) is 10.2. The summed E-state index contributed by atoms with van der Waals surface area (Å²) in [5.41, 5.74) is 3.41. The molecule has 5 nitrogen and oxygen atoms in total. The number of fused-ring (bicyclic) bond motifs is 1. The molecular formula is C19H22N4O. The Balaban J connectivity index is 1.49. The molecule has 1 fully saturated rings. The van der Waals surface area contributed by atoms with Crippen molar-refractivity contribution in [1.29, 1.82) is 0 Å². The molecule has 4 rings (SSSR count). The van der Waals surface area contributed by atoms with E-state index < -0.39 is 0 Å². The number of hydrogen-bond donors (Lipinski definition) is 1. The number of nitrogens with zero attached hydrogens (tertiary/aromatic N) is 3. The zero-order valence-corrected chi connectivity index (χ0v) is 13.9. The molecule has 2 aromatic heterocycles. The summed E-state index contributed by atoms with van der Waals surface area (Å²) in [4.78, 5) is 22.2. The highest BCUT2D eigenvalue weighted by Gasteiger charge is 2.25. The molecule has 124 valence electrons. The van der Waals surface area contributed by atoms with E-state index in [0.29, 0.717) is 12.5 Å². The van der Waals surface area contributed by atoms with Crippen molar-refractivity contribution < 1.29 is 4.79 Å². The lowest BCUT2D eigenvalue weighted by Crippen LogP contribution is -2.41. The molecule has 0 spiro atoms. The third kappa shape index (κ3) is 2.82. The number of piperidine rings is 1. The van der Waals surface area contributed by atoms with E-state index in [1.165, 1.54) is 5.56 Å². The molecule has 3 heterocycles. The van der Waals surface area contributed by atoms with Crippen molar-refractivity contribution in [1.82, 2.24) is 19.4 Å². The fraction of sp³-hybridized carbons (Fsp3) is 0.368. The van der Waals surface area contributed by atoms with Crippen LogP contribution in [-0.4, -0.2) is 38.4 Å². The summed E-state index contributed by atoms with van der Waals surface area (Å²) in [5.74, 6) is 0.210. The minimum atomic E-state index is 0.210. The predicted octanol–water partition coefficient (Wildman–Crippen LogP) is 3.08. The molecule has 1 aliphatic rings. The van der Waals surface area contributed by atoms with Gasteiger partial charge in [-0.1, -0.05) is 12.1 Å². The molecule has 0 saturated carbocycles. The van der Waals surface area contributed by atoms with E-state index >= 15 is 0 Å². The van der Waals surface area contributed by atoms with Crippen LogP contribution in [-0.2, 0) is 11.2 Å². The highest BCUT2D eigenvalue weighted by atomic mass is 16.2. The van der Waals surface area contributed by atoms with Gasteiger partial charge in [-0.25, -0.2) is 4.98 Å². The second-order valence-corrected chi connectivity index (χ2v) is 6.69. The number of carbonyl (C=O) groups is 1. The first-order valence-corrected chi connectivity index (χ1v) is 8.52. The van der Waals surface area contributed by atoms with Crippen molar-refractivity contribution in [2.75, 3.05) is 13.1 Å². The Hall–Kier alpha value is -2.56. The monoisotopic (exact) mass is 322 g/mol. The summed E-state index contributed by atoms with van der Waals surface area (Å²) >= 11 is 0. The molecule has 1 amide bonds. The third-order valence-electron chi connectivity index (χ3n) is 4.96. The number of nitrogens with one attached hydrogen (secondary N) is 1. The molecule has 0 radical (unpaired) electrons. The summed E-state index contributed by atoms with van der Waals surface area (Å²) < 4.78 is 2.12. The summed E-state index contributed by atoms with van der Waals surface area (Å²) in [6, 6.07) is 6.67. The van der Waals surface area contributed by atoms with Gasteiger partial charge in [-0.15, -0.1) is 0 Å². The lowest BCUT2D eigenvalue weighted by atomic mass is 10.0. The fourth-order valence-electron chi connectivity index (χ4n) is 3.63. The third-order valence-corrected chi connectivity index (χ3v) is 4.96. The fourth-order valence-corrected chi connectivity index (χ4v) is 3.63. The first-order chi connectivity index (χ1) is 11.7. The van der Waals surface area contributed by atoms with Gasteiger partial charge in [0.15, 0.2) is 0 Å². The summed E-state index contributed by atoms with van der Waals surface area (Å²) in [7, 11) is 0. The zero-order valence-electron chi connectivity index (χ0n) is 13.9. The molecule has 24 heavy (non-hydrogen) atoms. The average Bonchev–Trinajstić information content (AvgIpc) is 3.25. The Kier molecular flexibility index (Phi) is 3.84. The van der Waals surface area contributed by atoms with Crippen LogP contribution in [0.4, 0.5) is 0 Å². The first kappa shape index (κ1) is 15.0. The van der Waals surface area contributed by atoms with Crippen LogP contribution in [0.25, 0.3) is 10.9 Å². The Labute approximate surface area is 141 Å². The van der Waals surface area contributed by atoms with E-state index in [1.54, 1.807) is 6.20 Å². The lowest BCUT2D eigenvalue weighted by molar-refractivity contribution is -0.132. The van der Waals surface area contributed by atoms with Crippen LogP contribution in [0, 0.1) is 6.92 Å². The highest BCUT2D eigenvalue weighted by molar-refractivity contribution is 5.89. The van der Waals surface area contributed by atoms with E-state index in [1.807, 2.05) is 23.6 Å². The van der Waals surface area contributed by atoms with Crippen LogP contribution < -0.4 is 0 Å². The number of imidazole rings is 1. The van der Waals surface area contributed by atoms with Gasteiger partial charge in [0.1, 0.15) is 0 Å². The molecular weight excluding hydrogens is 300 g/mol. The SMILES string of the molecule is Cc1ccc2c(CC(=O)N3CCC[C@H](n4ccnc4)C3)c[nH]c2c1. The van der Waals surface area contributed by atoms with Crippen LogP contribution in [0.2, 0.25) is 0 Å². The molecule has 0 aliphatic carbocycles. The molecule has 1 aliphatic heterocycles. The van der Waals surface area contributed by atoms with Crippen LogP contribution in [0.5, 0.6) is 0 Å². The molecule has 1 aromatic carbocycles. The number of benzene rings is 1. The number of likely N-dealkylation sites (tertiary alicyclic amines) is 1. The number of aryl methyl sites for hydroxylation is 1. The number of carbonyl (C=O) groups excluding carboxylic acids is 1. The van der Waals surface area contributed by atoms with Crippen LogP contribution in [0.1, 0.15) is 30.0 Å². The predicted molar refractivity (Wildman–Crippen MR) is 93.8 cm³/mol. The van der Waals surface area contributed by atoms with Gasteiger partial charge in [-0.2, -0.15) is 0 Å². The normalized spacial score (nSPS) is 18.2. The Morgan fingerprint density at radius 1 is 1.42 bits per heavy atom. The van der Waals surface area contributed by atoms with Crippen LogP contribution in [0.3, 0.4) is 0 Å². The molecule has 0 bridgehead atoms. The van der Waals surface area contributed by atoms with Crippen molar-refractivity contribution >= 4 is 16.8 Å². The second kappa shape index (κ2) is 6.15. The van der Waals surface area contributed by atoms with Gasteiger partial charge < -0.3 is 14.5 Å². The largest absolute Gasteiger partial charge is 0.361 e. The standard InChI is InChI=1S/C19H22N4O/c1-14-4-5-17-15(11-21-18(17)9-14)10-19(24)22-7-2-3-16(12-22)23-8-6-20-13-23/h4-6,8-9,11,13,16,21H,2-3,7,10,12H2,1H3/t16-/m0/s1. The van der Waals surface area contributed by atoms with Crippen molar-refractivity contribution in [3.8, 4) is 0 Å². The molecule has 0 unspecified atom stereocenters. The van der Waals surface area contributed by atoms with Crippen LogP contribution >= 0.6 is 0 Å². The van der Waals surface area contributed by atoms with E-state index in [4.69, 9.17) is 0 Å². The van der Waals surface area contributed by atoms with Gasteiger partial charge in [-0.05, 0) is 37.0 Å². The van der Waals surface area contributed by atoms with Crippen molar-refractivity contribution in [3.05, 3.63) is 54.2 Å². The first-order valence-electron chi connectivity index (χ1n) is 8.52. The summed E-state index contributed by atoms with van der Waals surface area (Å²) in [6.45, 7) is 3.71. The Bertz CT molecular complexity index is 850. The topological polar surface area (TPSA) is 53.9 Å². The highest BCUT2D eigenvalue weighted by Crippen LogP contribution is 2.24. The number of amides is 1. The zero-order chi connectivity index (χ0) is 16.5. The van der Waals surface area contributed by atoms with Gasteiger partial charge in [0.2, 0.25) is 5.91 Å².